The topological polar surface area (TPSA) is 18.5 Å². The number of rotatable bonds is 9. The van der Waals surface area contributed by atoms with Gasteiger partial charge in [0.15, 0.2) is 11.6 Å². The summed E-state index contributed by atoms with van der Waals surface area (Å²) in [6.07, 6.45) is 8.48. The van der Waals surface area contributed by atoms with Gasteiger partial charge in [-0.3, -0.25) is 0 Å². The first kappa shape index (κ1) is 21.5. The Morgan fingerprint density at radius 3 is 2.33 bits per heavy atom. The van der Waals surface area contributed by atoms with Gasteiger partial charge in [-0.1, -0.05) is 42.3 Å². The second-order valence-electron chi connectivity index (χ2n) is 7.53. The quantitative estimate of drug-likeness (QED) is 0.354. The van der Waals surface area contributed by atoms with E-state index in [1.165, 1.54) is 6.07 Å². The van der Waals surface area contributed by atoms with Crippen LogP contribution in [0.5, 0.6) is 17.2 Å². The molecule has 0 N–H and O–H groups in total. The Morgan fingerprint density at radius 2 is 1.67 bits per heavy atom. The van der Waals surface area contributed by atoms with Crippen LogP contribution in [0.25, 0.3) is 0 Å². The fourth-order valence-corrected chi connectivity index (χ4v) is 3.30. The van der Waals surface area contributed by atoms with Crippen LogP contribution in [0, 0.1) is 18.2 Å². The third kappa shape index (κ3) is 6.12. The predicted octanol–water partition coefficient (Wildman–Crippen LogP) is 7.14. The normalized spacial score (nSPS) is 11.7. The molecule has 0 saturated heterocycles. The lowest BCUT2D eigenvalue weighted by molar-refractivity contribution is 0.242. The molecule has 0 aromatic heterocycles. The van der Waals surface area contributed by atoms with Gasteiger partial charge in [0, 0.05) is 5.92 Å². The summed E-state index contributed by atoms with van der Waals surface area (Å²) in [5.41, 5.74) is 2.14. The van der Waals surface area contributed by atoms with Gasteiger partial charge >= 0.3 is 0 Å². The van der Waals surface area contributed by atoms with Crippen molar-refractivity contribution in [1.29, 1.82) is 0 Å². The molecule has 0 spiro atoms. The average Bonchev–Trinajstić information content (AvgIpc) is 2.74. The first-order valence-electron chi connectivity index (χ1n) is 10.3. The molecule has 3 rings (SSSR count). The maximum Gasteiger partial charge on any atom is 0.165 e. The van der Waals surface area contributed by atoms with Gasteiger partial charge in [-0.25, -0.2) is 4.39 Å². The molecule has 0 saturated carbocycles. The third-order valence-electron chi connectivity index (χ3n) is 4.78. The highest BCUT2D eigenvalue weighted by atomic mass is 19.1. The van der Waals surface area contributed by atoms with Crippen molar-refractivity contribution in [3.63, 3.8) is 0 Å². The van der Waals surface area contributed by atoms with Crippen LogP contribution in [0.1, 0.15) is 43.7 Å². The Balaban J connectivity index is 1.58. The number of para-hydroxylation sites is 1. The van der Waals surface area contributed by atoms with Crippen molar-refractivity contribution in [2.75, 3.05) is 0 Å². The highest BCUT2D eigenvalue weighted by Crippen LogP contribution is 2.28. The van der Waals surface area contributed by atoms with Gasteiger partial charge in [0.2, 0.25) is 0 Å². The molecule has 3 aromatic rings. The molecule has 0 aliphatic rings. The average molecular weight is 403 g/mol. The monoisotopic (exact) mass is 402 g/mol. The summed E-state index contributed by atoms with van der Waals surface area (Å²) in [6, 6.07) is 22.3. The van der Waals surface area contributed by atoms with Crippen molar-refractivity contribution < 1.29 is 13.9 Å². The van der Waals surface area contributed by atoms with Crippen LogP contribution in [0.3, 0.4) is 0 Å². The Labute approximate surface area is 178 Å². The molecule has 1 unspecified atom stereocenters. The number of ether oxygens (including phenoxy) is 2. The van der Waals surface area contributed by atoms with E-state index >= 15 is 0 Å². The lowest BCUT2D eigenvalue weighted by Gasteiger charge is -2.14. The zero-order valence-corrected chi connectivity index (χ0v) is 17.5. The van der Waals surface area contributed by atoms with Crippen LogP contribution in [0.2, 0.25) is 0 Å². The summed E-state index contributed by atoms with van der Waals surface area (Å²) in [5.74, 6) is 4.27. The number of terminal acetylenes is 1. The van der Waals surface area contributed by atoms with Crippen LogP contribution >= 0.6 is 0 Å². The minimum absolute atomic E-state index is 0.0404. The van der Waals surface area contributed by atoms with Crippen LogP contribution in [0.4, 0.5) is 4.39 Å². The molecule has 3 heteroatoms. The molecule has 0 amide bonds. The van der Waals surface area contributed by atoms with Crippen molar-refractivity contribution in [2.24, 2.45) is 0 Å². The molecule has 1 atom stereocenters. The van der Waals surface area contributed by atoms with Gasteiger partial charge in [-0.05, 0) is 80.6 Å². The maximum atomic E-state index is 14.1. The summed E-state index contributed by atoms with van der Waals surface area (Å²) in [4.78, 5) is 0. The van der Waals surface area contributed by atoms with Gasteiger partial charge in [-0.15, -0.1) is 6.42 Å². The first-order valence-corrected chi connectivity index (χ1v) is 10.3. The number of hydrogen-bond acceptors (Lipinski definition) is 2. The van der Waals surface area contributed by atoms with Gasteiger partial charge in [-0.2, -0.15) is 0 Å². The van der Waals surface area contributed by atoms with E-state index in [4.69, 9.17) is 15.9 Å². The molecule has 0 aliphatic heterocycles. The van der Waals surface area contributed by atoms with Crippen LogP contribution < -0.4 is 9.47 Å². The summed E-state index contributed by atoms with van der Waals surface area (Å²) in [5, 5.41) is 0. The minimum Gasteiger partial charge on any atom is -0.491 e. The van der Waals surface area contributed by atoms with E-state index in [1.807, 2.05) is 56.3 Å². The highest BCUT2D eigenvalue weighted by Gasteiger charge is 2.11. The molecule has 30 heavy (non-hydrogen) atoms. The van der Waals surface area contributed by atoms with Crippen molar-refractivity contribution >= 4 is 0 Å². The van der Waals surface area contributed by atoms with Crippen LogP contribution in [-0.2, 0) is 6.42 Å². The maximum absolute atomic E-state index is 14.1. The molecular formula is C27H27FO2. The van der Waals surface area contributed by atoms with Gasteiger partial charge in [0.25, 0.3) is 0 Å². The van der Waals surface area contributed by atoms with Crippen molar-refractivity contribution in [1.82, 2.24) is 0 Å². The Kier molecular flexibility index (Phi) is 7.51. The molecule has 0 aliphatic carbocycles. The molecule has 0 radical (unpaired) electrons. The van der Waals surface area contributed by atoms with E-state index < -0.39 is 0 Å². The number of aryl methyl sites for hydroxylation is 1. The zero-order chi connectivity index (χ0) is 21.3. The lowest BCUT2D eigenvalue weighted by atomic mass is 9.93. The van der Waals surface area contributed by atoms with E-state index in [1.54, 1.807) is 24.3 Å². The summed E-state index contributed by atoms with van der Waals surface area (Å²) >= 11 is 0. The van der Waals surface area contributed by atoms with E-state index in [2.05, 4.69) is 5.92 Å². The zero-order valence-electron chi connectivity index (χ0n) is 17.5. The molecule has 0 fully saturated rings. The number of hydrogen-bond donors (Lipinski definition) is 0. The predicted molar refractivity (Wildman–Crippen MR) is 120 cm³/mol. The van der Waals surface area contributed by atoms with E-state index in [0.29, 0.717) is 5.75 Å². The fourth-order valence-electron chi connectivity index (χ4n) is 3.30. The number of benzene rings is 3. The second-order valence-corrected chi connectivity index (χ2v) is 7.53. The smallest absolute Gasteiger partial charge is 0.165 e. The van der Waals surface area contributed by atoms with Gasteiger partial charge < -0.3 is 9.47 Å². The molecule has 0 bridgehead atoms. The van der Waals surface area contributed by atoms with Crippen LogP contribution in [-0.4, -0.2) is 6.10 Å². The molecule has 2 nitrogen and oxygen atoms in total. The van der Waals surface area contributed by atoms with Gasteiger partial charge in [0.1, 0.15) is 11.5 Å². The third-order valence-corrected chi connectivity index (χ3v) is 4.78. The SMILES string of the molecule is C#CC(CCCc1ccc(F)c(Oc2ccccc2)c1)c1ccc(OC(C)C)cc1. The molecule has 0 heterocycles. The Bertz CT molecular complexity index is 972. The highest BCUT2D eigenvalue weighted by molar-refractivity contribution is 5.36. The van der Waals surface area contributed by atoms with Crippen molar-refractivity contribution in [3.05, 3.63) is 89.7 Å². The Morgan fingerprint density at radius 1 is 0.933 bits per heavy atom. The second kappa shape index (κ2) is 10.5. The fraction of sp³-hybridized carbons (Fsp3) is 0.259. The van der Waals surface area contributed by atoms with Crippen molar-refractivity contribution in [2.45, 2.75) is 45.1 Å². The summed E-state index contributed by atoms with van der Waals surface area (Å²) in [7, 11) is 0. The summed E-state index contributed by atoms with van der Waals surface area (Å²) in [6.45, 7) is 4.01. The lowest BCUT2D eigenvalue weighted by Crippen LogP contribution is -2.05. The van der Waals surface area contributed by atoms with E-state index in [9.17, 15) is 4.39 Å². The summed E-state index contributed by atoms with van der Waals surface area (Å²) < 4.78 is 25.5. The van der Waals surface area contributed by atoms with Gasteiger partial charge in [0.05, 0.1) is 6.10 Å². The first-order chi connectivity index (χ1) is 14.5. The van der Waals surface area contributed by atoms with Crippen molar-refractivity contribution in [3.8, 4) is 29.6 Å². The van der Waals surface area contributed by atoms with Crippen LogP contribution in [0.15, 0.2) is 72.8 Å². The standard InChI is InChI=1S/C27H27FO2/c1-4-22(23-14-16-25(17-15-23)29-20(2)3)10-8-9-21-13-18-26(28)27(19-21)30-24-11-6-5-7-12-24/h1,5-7,11-20,22H,8-10H2,2-3H3. The van der Waals surface area contributed by atoms with E-state index in [0.717, 1.165) is 36.1 Å². The largest absolute Gasteiger partial charge is 0.491 e. The Hall–Kier alpha value is -3.25. The molecule has 154 valence electrons. The number of halogens is 1. The van der Waals surface area contributed by atoms with E-state index in [-0.39, 0.29) is 23.6 Å². The molecule has 3 aromatic carbocycles. The minimum atomic E-state index is -0.368. The molecular weight excluding hydrogens is 375 g/mol.